The molecule has 0 aliphatic heterocycles. The summed E-state index contributed by atoms with van der Waals surface area (Å²) in [5.41, 5.74) is 4.39. The molecule has 12 heavy (non-hydrogen) atoms. The SMILES string of the molecule is CCc1cncc(C2CC2)c1C. The average Bonchev–Trinajstić information content (AvgIpc) is 2.88. The molecule has 1 aliphatic carbocycles. The maximum Gasteiger partial charge on any atom is 0.0305 e. The van der Waals surface area contributed by atoms with E-state index in [1.165, 1.54) is 29.5 Å². The van der Waals surface area contributed by atoms with E-state index in [0.29, 0.717) is 0 Å². The Morgan fingerprint density at radius 1 is 1.42 bits per heavy atom. The van der Waals surface area contributed by atoms with E-state index in [0.717, 1.165) is 12.3 Å². The van der Waals surface area contributed by atoms with E-state index < -0.39 is 0 Å². The molecule has 1 heterocycles. The molecule has 0 radical (unpaired) electrons. The molecule has 1 nitrogen and oxygen atoms in total. The predicted molar refractivity (Wildman–Crippen MR) is 50.3 cm³/mol. The molecule has 1 aliphatic rings. The van der Waals surface area contributed by atoms with E-state index in [9.17, 15) is 0 Å². The van der Waals surface area contributed by atoms with Crippen LogP contribution in [0.25, 0.3) is 0 Å². The summed E-state index contributed by atoms with van der Waals surface area (Å²) in [5.74, 6) is 0.837. The minimum absolute atomic E-state index is 0.837. The van der Waals surface area contributed by atoms with Crippen LogP contribution in [0.15, 0.2) is 12.4 Å². The molecule has 0 N–H and O–H groups in total. The third-order valence-electron chi connectivity index (χ3n) is 2.76. The smallest absolute Gasteiger partial charge is 0.0305 e. The van der Waals surface area contributed by atoms with Crippen LogP contribution in [0.4, 0.5) is 0 Å². The van der Waals surface area contributed by atoms with Crippen molar-refractivity contribution < 1.29 is 0 Å². The van der Waals surface area contributed by atoms with E-state index in [4.69, 9.17) is 0 Å². The van der Waals surface area contributed by atoms with Crippen molar-refractivity contribution in [3.8, 4) is 0 Å². The van der Waals surface area contributed by atoms with Crippen LogP contribution in [0.1, 0.15) is 42.4 Å². The largest absolute Gasteiger partial charge is 0.264 e. The van der Waals surface area contributed by atoms with Crippen LogP contribution in [0.3, 0.4) is 0 Å². The molecule has 1 saturated carbocycles. The van der Waals surface area contributed by atoms with Gasteiger partial charge in [0.05, 0.1) is 0 Å². The molecule has 0 bridgehead atoms. The summed E-state index contributed by atoms with van der Waals surface area (Å²) in [7, 11) is 0. The maximum absolute atomic E-state index is 4.28. The van der Waals surface area contributed by atoms with Crippen LogP contribution >= 0.6 is 0 Å². The fourth-order valence-electron chi connectivity index (χ4n) is 1.75. The van der Waals surface area contributed by atoms with E-state index in [-0.39, 0.29) is 0 Å². The number of hydrogen-bond acceptors (Lipinski definition) is 1. The molecule has 0 atom stereocenters. The molecule has 1 aromatic rings. The summed E-state index contributed by atoms with van der Waals surface area (Å²) < 4.78 is 0. The van der Waals surface area contributed by atoms with Crippen LogP contribution in [-0.4, -0.2) is 4.98 Å². The van der Waals surface area contributed by atoms with Crippen molar-refractivity contribution in [1.82, 2.24) is 4.98 Å². The Morgan fingerprint density at radius 3 is 2.75 bits per heavy atom. The predicted octanol–water partition coefficient (Wildman–Crippen LogP) is 2.83. The first kappa shape index (κ1) is 7.78. The van der Waals surface area contributed by atoms with E-state index in [1.54, 1.807) is 0 Å². The van der Waals surface area contributed by atoms with Gasteiger partial charge >= 0.3 is 0 Å². The van der Waals surface area contributed by atoms with Crippen molar-refractivity contribution in [2.45, 2.75) is 39.0 Å². The standard InChI is InChI=1S/C11H15N/c1-3-9-6-12-7-11(8(9)2)10-4-5-10/h6-7,10H,3-5H2,1-2H3. The Labute approximate surface area is 73.8 Å². The van der Waals surface area contributed by atoms with Gasteiger partial charge in [-0.25, -0.2) is 0 Å². The zero-order valence-corrected chi connectivity index (χ0v) is 7.80. The van der Waals surface area contributed by atoms with Gasteiger partial charge < -0.3 is 0 Å². The topological polar surface area (TPSA) is 12.9 Å². The number of aromatic nitrogens is 1. The van der Waals surface area contributed by atoms with Gasteiger partial charge in [-0.2, -0.15) is 0 Å². The van der Waals surface area contributed by atoms with Gasteiger partial charge in [-0.15, -0.1) is 0 Å². The molecule has 2 rings (SSSR count). The molecular weight excluding hydrogens is 146 g/mol. The number of hydrogen-bond donors (Lipinski definition) is 0. The quantitative estimate of drug-likeness (QED) is 0.650. The lowest BCUT2D eigenvalue weighted by atomic mass is 10.0. The molecule has 0 aromatic carbocycles. The van der Waals surface area contributed by atoms with Crippen molar-refractivity contribution in [3.05, 3.63) is 29.1 Å². The number of pyridine rings is 1. The Morgan fingerprint density at radius 2 is 2.17 bits per heavy atom. The number of nitrogens with zero attached hydrogens (tertiary/aromatic N) is 1. The second kappa shape index (κ2) is 2.89. The highest BCUT2D eigenvalue weighted by Gasteiger charge is 2.25. The maximum atomic E-state index is 4.28. The summed E-state index contributed by atoms with van der Waals surface area (Å²) in [6.07, 6.45) is 7.90. The lowest BCUT2D eigenvalue weighted by Gasteiger charge is -2.07. The lowest BCUT2D eigenvalue weighted by Crippen LogP contribution is -1.94. The Bertz CT molecular complexity index is 287. The van der Waals surface area contributed by atoms with E-state index in [1.807, 2.05) is 12.4 Å². The van der Waals surface area contributed by atoms with Crippen molar-refractivity contribution in [2.24, 2.45) is 0 Å². The van der Waals surface area contributed by atoms with E-state index in [2.05, 4.69) is 18.8 Å². The zero-order valence-electron chi connectivity index (χ0n) is 7.80. The molecule has 1 fully saturated rings. The fourth-order valence-corrected chi connectivity index (χ4v) is 1.75. The van der Waals surface area contributed by atoms with Crippen LogP contribution in [0.5, 0.6) is 0 Å². The monoisotopic (exact) mass is 161 g/mol. The lowest BCUT2D eigenvalue weighted by molar-refractivity contribution is 1.000. The molecule has 0 spiro atoms. The zero-order chi connectivity index (χ0) is 8.55. The third-order valence-corrected chi connectivity index (χ3v) is 2.76. The molecule has 1 aromatic heterocycles. The van der Waals surface area contributed by atoms with Gasteiger partial charge in [-0.05, 0) is 48.8 Å². The van der Waals surface area contributed by atoms with Crippen molar-refractivity contribution >= 4 is 0 Å². The summed E-state index contributed by atoms with van der Waals surface area (Å²) in [6.45, 7) is 4.43. The molecule has 0 amide bonds. The highest BCUT2D eigenvalue weighted by atomic mass is 14.6. The number of aryl methyl sites for hydroxylation is 1. The van der Waals surface area contributed by atoms with Crippen LogP contribution in [0, 0.1) is 6.92 Å². The van der Waals surface area contributed by atoms with Crippen LogP contribution in [0.2, 0.25) is 0 Å². The molecule has 0 unspecified atom stereocenters. The van der Waals surface area contributed by atoms with Crippen molar-refractivity contribution in [3.63, 3.8) is 0 Å². The van der Waals surface area contributed by atoms with Crippen LogP contribution in [-0.2, 0) is 6.42 Å². The first-order valence-electron chi connectivity index (χ1n) is 4.76. The Kier molecular flexibility index (Phi) is 1.87. The van der Waals surface area contributed by atoms with Gasteiger partial charge in [-0.3, -0.25) is 4.98 Å². The second-order valence-corrected chi connectivity index (χ2v) is 3.64. The Hall–Kier alpha value is -0.850. The van der Waals surface area contributed by atoms with Gasteiger partial charge in [0.25, 0.3) is 0 Å². The third kappa shape index (κ3) is 1.24. The number of rotatable bonds is 2. The fraction of sp³-hybridized carbons (Fsp3) is 0.545. The van der Waals surface area contributed by atoms with Gasteiger partial charge in [0, 0.05) is 12.4 Å². The first-order valence-corrected chi connectivity index (χ1v) is 4.76. The second-order valence-electron chi connectivity index (χ2n) is 3.64. The highest BCUT2D eigenvalue weighted by molar-refractivity contribution is 5.35. The summed E-state index contributed by atoms with van der Waals surface area (Å²) in [4.78, 5) is 4.28. The van der Waals surface area contributed by atoms with Gasteiger partial charge in [0.1, 0.15) is 0 Å². The summed E-state index contributed by atoms with van der Waals surface area (Å²) in [6, 6.07) is 0. The minimum atomic E-state index is 0.837. The van der Waals surface area contributed by atoms with Crippen molar-refractivity contribution in [2.75, 3.05) is 0 Å². The minimum Gasteiger partial charge on any atom is -0.264 e. The molecule has 64 valence electrons. The normalized spacial score (nSPS) is 16.5. The molecule has 0 saturated heterocycles. The van der Waals surface area contributed by atoms with Gasteiger partial charge in [0.15, 0.2) is 0 Å². The van der Waals surface area contributed by atoms with Gasteiger partial charge in [-0.1, -0.05) is 6.92 Å². The highest BCUT2D eigenvalue weighted by Crippen LogP contribution is 2.41. The van der Waals surface area contributed by atoms with Crippen molar-refractivity contribution in [1.29, 1.82) is 0 Å². The van der Waals surface area contributed by atoms with Crippen LogP contribution < -0.4 is 0 Å². The summed E-state index contributed by atoms with van der Waals surface area (Å²) in [5, 5.41) is 0. The average molecular weight is 161 g/mol. The van der Waals surface area contributed by atoms with E-state index >= 15 is 0 Å². The Balaban J connectivity index is 2.40. The molecular formula is C11H15N. The molecule has 1 heteroatoms. The first-order chi connectivity index (χ1) is 5.83. The van der Waals surface area contributed by atoms with Gasteiger partial charge in [0.2, 0.25) is 0 Å². The summed E-state index contributed by atoms with van der Waals surface area (Å²) >= 11 is 0.